The summed E-state index contributed by atoms with van der Waals surface area (Å²) in [4.78, 5) is 4.25. The lowest BCUT2D eigenvalue weighted by Crippen LogP contribution is -2.23. The normalized spacial score (nSPS) is 19.3. The molecule has 1 N–H and O–H groups in total. The van der Waals surface area contributed by atoms with Crippen LogP contribution in [0.2, 0.25) is 0 Å². The van der Waals surface area contributed by atoms with Gasteiger partial charge in [-0.05, 0) is 25.2 Å². The van der Waals surface area contributed by atoms with Gasteiger partial charge in [-0.25, -0.2) is 4.98 Å². The van der Waals surface area contributed by atoms with Crippen molar-refractivity contribution in [2.75, 3.05) is 0 Å². The zero-order chi connectivity index (χ0) is 9.97. The number of aliphatic hydroxyl groups excluding tert-OH is 1. The lowest BCUT2D eigenvalue weighted by atomic mass is 9.81. The van der Waals surface area contributed by atoms with Gasteiger partial charge in [0.2, 0.25) is 0 Å². The Morgan fingerprint density at radius 1 is 1.64 bits per heavy atom. The van der Waals surface area contributed by atoms with Crippen LogP contribution in [0.5, 0.6) is 0 Å². The summed E-state index contributed by atoms with van der Waals surface area (Å²) < 4.78 is 2.07. The highest BCUT2D eigenvalue weighted by Gasteiger charge is 2.29. The van der Waals surface area contributed by atoms with Crippen molar-refractivity contribution in [2.45, 2.75) is 45.3 Å². The third kappa shape index (κ3) is 1.69. The van der Waals surface area contributed by atoms with Crippen molar-refractivity contribution in [1.29, 1.82) is 0 Å². The summed E-state index contributed by atoms with van der Waals surface area (Å²) in [5.74, 6) is 1.31. The van der Waals surface area contributed by atoms with Crippen LogP contribution in [0.3, 0.4) is 0 Å². The van der Waals surface area contributed by atoms with E-state index in [-0.39, 0.29) is 6.10 Å². The quantitative estimate of drug-likeness (QED) is 0.797. The highest BCUT2D eigenvalue weighted by Crippen LogP contribution is 2.36. The van der Waals surface area contributed by atoms with Gasteiger partial charge in [0.1, 0.15) is 11.9 Å². The van der Waals surface area contributed by atoms with Gasteiger partial charge in [0.25, 0.3) is 0 Å². The number of imidazole rings is 1. The van der Waals surface area contributed by atoms with Crippen LogP contribution in [-0.2, 0) is 6.54 Å². The van der Waals surface area contributed by atoms with Crippen LogP contribution in [0.25, 0.3) is 0 Å². The van der Waals surface area contributed by atoms with Gasteiger partial charge in [-0.1, -0.05) is 13.3 Å². The van der Waals surface area contributed by atoms with Crippen molar-refractivity contribution in [3.63, 3.8) is 0 Å². The number of aromatic nitrogens is 2. The van der Waals surface area contributed by atoms with E-state index in [4.69, 9.17) is 0 Å². The summed E-state index contributed by atoms with van der Waals surface area (Å²) in [6.45, 7) is 3.10. The topological polar surface area (TPSA) is 38.0 Å². The molecule has 1 atom stereocenters. The Labute approximate surface area is 84.8 Å². The number of rotatable bonds is 4. The lowest BCUT2D eigenvalue weighted by molar-refractivity contribution is 0.0520. The van der Waals surface area contributed by atoms with Crippen LogP contribution in [0.15, 0.2) is 12.4 Å². The zero-order valence-corrected chi connectivity index (χ0v) is 8.69. The first-order valence-corrected chi connectivity index (χ1v) is 5.52. The average molecular weight is 194 g/mol. The molecule has 1 heterocycles. The standard InChI is InChI=1S/C11H18N2O/c1-2-7-13-8-6-12-11(13)10(14)9-4-3-5-9/h6,8-10,14H,2-5,7H2,1H3. The Hall–Kier alpha value is -0.830. The maximum Gasteiger partial charge on any atom is 0.137 e. The molecule has 78 valence electrons. The molecule has 1 aliphatic carbocycles. The van der Waals surface area contributed by atoms with Crippen LogP contribution in [0, 0.1) is 5.92 Å². The van der Waals surface area contributed by atoms with Crippen LogP contribution < -0.4 is 0 Å². The highest BCUT2D eigenvalue weighted by molar-refractivity contribution is 5.00. The molecule has 0 bridgehead atoms. The maximum atomic E-state index is 10.1. The van der Waals surface area contributed by atoms with E-state index < -0.39 is 0 Å². The Kier molecular flexibility index (Phi) is 2.87. The molecule has 1 aromatic rings. The molecular formula is C11H18N2O. The molecule has 1 unspecified atom stereocenters. The van der Waals surface area contributed by atoms with Gasteiger partial charge in [0.15, 0.2) is 0 Å². The molecule has 14 heavy (non-hydrogen) atoms. The van der Waals surface area contributed by atoms with Crippen LogP contribution in [0.4, 0.5) is 0 Å². The molecule has 1 saturated carbocycles. The number of hydrogen-bond acceptors (Lipinski definition) is 2. The first-order valence-electron chi connectivity index (χ1n) is 5.52. The number of hydrogen-bond donors (Lipinski definition) is 1. The minimum atomic E-state index is -0.342. The Morgan fingerprint density at radius 3 is 3.00 bits per heavy atom. The second-order valence-electron chi connectivity index (χ2n) is 4.11. The summed E-state index contributed by atoms with van der Waals surface area (Å²) in [6.07, 6.45) is 8.05. The van der Waals surface area contributed by atoms with E-state index in [2.05, 4.69) is 16.5 Å². The molecule has 1 aromatic heterocycles. The van der Waals surface area contributed by atoms with Gasteiger partial charge in [0, 0.05) is 18.9 Å². The van der Waals surface area contributed by atoms with Gasteiger partial charge >= 0.3 is 0 Å². The second-order valence-corrected chi connectivity index (χ2v) is 4.11. The van der Waals surface area contributed by atoms with Crippen LogP contribution >= 0.6 is 0 Å². The van der Waals surface area contributed by atoms with E-state index in [0.717, 1.165) is 31.6 Å². The van der Waals surface area contributed by atoms with Gasteiger partial charge in [0.05, 0.1) is 0 Å². The van der Waals surface area contributed by atoms with E-state index in [1.165, 1.54) is 6.42 Å². The molecule has 0 saturated heterocycles. The molecule has 3 heteroatoms. The monoisotopic (exact) mass is 194 g/mol. The summed E-state index contributed by atoms with van der Waals surface area (Å²) in [5.41, 5.74) is 0. The maximum absolute atomic E-state index is 10.1. The van der Waals surface area contributed by atoms with Crippen molar-refractivity contribution >= 4 is 0 Å². The fraction of sp³-hybridized carbons (Fsp3) is 0.727. The smallest absolute Gasteiger partial charge is 0.137 e. The molecule has 1 fully saturated rings. The van der Waals surface area contributed by atoms with E-state index in [1.54, 1.807) is 6.20 Å². The minimum Gasteiger partial charge on any atom is -0.385 e. The second kappa shape index (κ2) is 4.13. The summed E-state index contributed by atoms with van der Waals surface area (Å²) >= 11 is 0. The van der Waals surface area contributed by atoms with Gasteiger partial charge in [-0.15, -0.1) is 0 Å². The molecular weight excluding hydrogens is 176 g/mol. The Morgan fingerprint density at radius 2 is 2.43 bits per heavy atom. The molecule has 0 aliphatic heterocycles. The summed E-state index contributed by atoms with van der Waals surface area (Å²) in [7, 11) is 0. The molecule has 3 nitrogen and oxygen atoms in total. The number of nitrogens with zero attached hydrogens (tertiary/aromatic N) is 2. The van der Waals surface area contributed by atoms with Gasteiger partial charge in [-0.3, -0.25) is 0 Å². The minimum absolute atomic E-state index is 0.342. The van der Waals surface area contributed by atoms with Crippen LogP contribution in [-0.4, -0.2) is 14.7 Å². The Bertz CT molecular complexity index is 291. The predicted octanol–water partition coefficient (Wildman–Crippen LogP) is 2.13. The molecule has 1 aliphatic rings. The average Bonchev–Trinajstić information content (AvgIpc) is 2.49. The van der Waals surface area contributed by atoms with Gasteiger partial charge in [-0.2, -0.15) is 0 Å². The zero-order valence-electron chi connectivity index (χ0n) is 8.69. The third-order valence-electron chi connectivity index (χ3n) is 3.07. The van der Waals surface area contributed by atoms with E-state index in [9.17, 15) is 5.11 Å². The van der Waals surface area contributed by atoms with E-state index >= 15 is 0 Å². The summed E-state index contributed by atoms with van der Waals surface area (Å²) in [6, 6.07) is 0. The third-order valence-corrected chi connectivity index (χ3v) is 3.07. The van der Waals surface area contributed by atoms with Crippen molar-refractivity contribution in [2.24, 2.45) is 5.92 Å². The van der Waals surface area contributed by atoms with Crippen molar-refractivity contribution in [3.8, 4) is 0 Å². The first-order chi connectivity index (χ1) is 6.83. The highest BCUT2D eigenvalue weighted by atomic mass is 16.3. The predicted molar refractivity (Wildman–Crippen MR) is 54.8 cm³/mol. The first kappa shape index (κ1) is 9.71. The molecule has 0 spiro atoms. The number of aliphatic hydroxyl groups is 1. The van der Waals surface area contributed by atoms with Crippen molar-refractivity contribution < 1.29 is 5.11 Å². The Balaban J connectivity index is 2.09. The van der Waals surface area contributed by atoms with Gasteiger partial charge < -0.3 is 9.67 Å². The fourth-order valence-corrected chi connectivity index (χ4v) is 1.98. The molecule has 0 radical (unpaired) electrons. The molecule has 0 amide bonds. The molecule has 2 rings (SSSR count). The molecule has 0 aromatic carbocycles. The van der Waals surface area contributed by atoms with Crippen molar-refractivity contribution in [3.05, 3.63) is 18.2 Å². The van der Waals surface area contributed by atoms with E-state index in [1.807, 2.05) is 6.20 Å². The van der Waals surface area contributed by atoms with Crippen molar-refractivity contribution in [1.82, 2.24) is 9.55 Å². The largest absolute Gasteiger partial charge is 0.385 e. The summed E-state index contributed by atoms with van der Waals surface area (Å²) in [5, 5.41) is 10.1. The number of aryl methyl sites for hydroxylation is 1. The fourth-order valence-electron chi connectivity index (χ4n) is 1.98. The lowest BCUT2D eigenvalue weighted by Gasteiger charge is -2.30. The van der Waals surface area contributed by atoms with Crippen LogP contribution in [0.1, 0.15) is 44.5 Å². The SMILES string of the molecule is CCCn1ccnc1C(O)C1CCC1. The van der Waals surface area contributed by atoms with E-state index in [0.29, 0.717) is 5.92 Å².